The third-order valence-corrected chi connectivity index (χ3v) is 4.36. The van der Waals surface area contributed by atoms with Gasteiger partial charge in [0.1, 0.15) is 11.3 Å². The van der Waals surface area contributed by atoms with Crippen molar-refractivity contribution < 1.29 is 19.4 Å². The first kappa shape index (κ1) is 17.6. The molecule has 23 heavy (non-hydrogen) atoms. The summed E-state index contributed by atoms with van der Waals surface area (Å²) >= 11 is 5.72. The molecule has 1 amide bonds. The Morgan fingerprint density at radius 1 is 1.35 bits per heavy atom. The van der Waals surface area contributed by atoms with E-state index in [1.54, 1.807) is 0 Å². The number of amides is 1. The molecule has 1 atom stereocenters. The van der Waals surface area contributed by atoms with Crippen LogP contribution in [0.15, 0.2) is 18.2 Å². The van der Waals surface area contributed by atoms with Gasteiger partial charge in [0.05, 0.1) is 0 Å². The fourth-order valence-electron chi connectivity index (χ4n) is 2.73. The van der Waals surface area contributed by atoms with E-state index in [-0.39, 0.29) is 17.2 Å². The van der Waals surface area contributed by atoms with E-state index in [4.69, 9.17) is 16.3 Å². The average molecular weight is 340 g/mol. The van der Waals surface area contributed by atoms with Crippen LogP contribution in [0.25, 0.3) is 0 Å². The highest BCUT2D eigenvalue weighted by Crippen LogP contribution is 2.24. The zero-order chi connectivity index (χ0) is 16.8. The van der Waals surface area contributed by atoms with E-state index in [0.29, 0.717) is 17.5 Å². The fourth-order valence-corrected chi connectivity index (χ4v) is 2.90. The van der Waals surface area contributed by atoms with Crippen LogP contribution < -0.4 is 5.32 Å². The average Bonchev–Trinajstić information content (AvgIpc) is 2.53. The van der Waals surface area contributed by atoms with Gasteiger partial charge in [-0.25, -0.2) is 4.79 Å². The Balaban J connectivity index is 1.83. The lowest BCUT2D eigenvalue weighted by Gasteiger charge is -2.22. The third kappa shape index (κ3) is 5.13. The smallest absolute Gasteiger partial charge is 0.342 e. The standard InChI is InChI=1S/C17H22ClNO4/c1-11(16(21)19-10-12-5-3-2-4-6-12)23-17(22)14-8-7-13(18)9-15(14)20/h7-9,11-12,20H,2-6,10H2,1H3,(H,19,21). The molecule has 0 heterocycles. The number of benzene rings is 1. The first-order chi connectivity index (χ1) is 11.0. The fraction of sp³-hybridized carbons (Fsp3) is 0.529. The van der Waals surface area contributed by atoms with E-state index in [2.05, 4.69) is 5.32 Å². The van der Waals surface area contributed by atoms with Crippen LogP contribution in [0.1, 0.15) is 49.4 Å². The van der Waals surface area contributed by atoms with Gasteiger partial charge in [0.25, 0.3) is 5.91 Å². The number of phenols is 1. The maximum absolute atomic E-state index is 12.0. The van der Waals surface area contributed by atoms with Crippen molar-refractivity contribution in [2.24, 2.45) is 5.92 Å². The SMILES string of the molecule is CC(OC(=O)c1ccc(Cl)cc1O)C(=O)NCC1CCCCC1. The number of rotatable bonds is 5. The van der Waals surface area contributed by atoms with Gasteiger partial charge in [0.2, 0.25) is 0 Å². The lowest BCUT2D eigenvalue weighted by molar-refractivity contribution is -0.129. The van der Waals surface area contributed by atoms with Crippen LogP contribution in [0.5, 0.6) is 5.75 Å². The molecule has 6 heteroatoms. The predicted molar refractivity (Wildman–Crippen MR) is 87.6 cm³/mol. The molecule has 5 nitrogen and oxygen atoms in total. The summed E-state index contributed by atoms with van der Waals surface area (Å²) in [5, 5.41) is 12.9. The van der Waals surface area contributed by atoms with Gasteiger partial charge in [0.15, 0.2) is 6.10 Å². The Labute approximate surface area is 141 Å². The van der Waals surface area contributed by atoms with Crippen molar-refractivity contribution in [1.29, 1.82) is 0 Å². The largest absolute Gasteiger partial charge is 0.507 e. The summed E-state index contributed by atoms with van der Waals surface area (Å²) in [4.78, 5) is 24.0. The molecule has 126 valence electrons. The molecule has 0 radical (unpaired) electrons. The van der Waals surface area contributed by atoms with E-state index in [0.717, 1.165) is 12.8 Å². The maximum atomic E-state index is 12.0. The number of aromatic hydroxyl groups is 1. The number of esters is 1. The summed E-state index contributed by atoms with van der Waals surface area (Å²) in [6, 6.07) is 4.10. The van der Waals surface area contributed by atoms with Crippen LogP contribution in [-0.4, -0.2) is 29.6 Å². The number of phenolic OH excluding ortho intramolecular Hbond substituents is 1. The van der Waals surface area contributed by atoms with Gasteiger partial charge >= 0.3 is 5.97 Å². The van der Waals surface area contributed by atoms with Crippen molar-refractivity contribution in [3.8, 4) is 5.75 Å². The first-order valence-corrected chi connectivity index (χ1v) is 8.32. The van der Waals surface area contributed by atoms with Gasteiger partial charge in [0, 0.05) is 11.6 Å². The minimum atomic E-state index is -0.916. The van der Waals surface area contributed by atoms with Crippen LogP contribution >= 0.6 is 11.6 Å². The Hall–Kier alpha value is -1.75. The summed E-state index contributed by atoms with van der Waals surface area (Å²) in [6.45, 7) is 2.13. The minimum Gasteiger partial charge on any atom is -0.507 e. The number of halogens is 1. The quantitative estimate of drug-likeness (QED) is 0.807. The Morgan fingerprint density at radius 2 is 2.04 bits per heavy atom. The second kappa shape index (κ2) is 8.20. The Bertz CT molecular complexity index is 570. The predicted octanol–water partition coefficient (Wildman–Crippen LogP) is 3.29. The number of carbonyl (C=O) groups excluding carboxylic acids is 2. The molecule has 1 aromatic rings. The Morgan fingerprint density at radius 3 is 2.70 bits per heavy atom. The molecule has 0 aliphatic heterocycles. The lowest BCUT2D eigenvalue weighted by Crippen LogP contribution is -2.38. The molecule has 2 rings (SSSR count). The molecule has 1 saturated carbocycles. The molecule has 0 spiro atoms. The van der Waals surface area contributed by atoms with Crippen LogP contribution in [-0.2, 0) is 9.53 Å². The molecule has 2 N–H and O–H groups in total. The van der Waals surface area contributed by atoms with Gasteiger partial charge in [-0.05, 0) is 43.9 Å². The Kier molecular flexibility index (Phi) is 6.28. The van der Waals surface area contributed by atoms with Crippen molar-refractivity contribution in [1.82, 2.24) is 5.32 Å². The van der Waals surface area contributed by atoms with Crippen molar-refractivity contribution in [3.05, 3.63) is 28.8 Å². The number of hydrogen-bond donors (Lipinski definition) is 2. The summed E-state index contributed by atoms with van der Waals surface area (Å²) in [7, 11) is 0. The highest BCUT2D eigenvalue weighted by Gasteiger charge is 2.22. The van der Waals surface area contributed by atoms with Crippen LogP contribution in [0.3, 0.4) is 0 Å². The molecule has 1 unspecified atom stereocenters. The second-order valence-corrected chi connectivity index (χ2v) is 6.39. The van der Waals surface area contributed by atoms with E-state index >= 15 is 0 Å². The topological polar surface area (TPSA) is 75.6 Å². The van der Waals surface area contributed by atoms with Crippen LogP contribution in [0.4, 0.5) is 0 Å². The number of carbonyl (C=O) groups is 2. The number of ether oxygens (including phenoxy) is 1. The van der Waals surface area contributed by atoms with Gasteiger partial charge in [-0.1, -0.05) is 30.9 Å². The van der Waals surface area contributed by atoms with Gasteiger partial charge < -0.3 is 15.2 Å². The van der Waals surface area contributed by atoms with E-state index < -0.39 is 12.1 Å². The van der Waals surface area contributed by atoms with E-state index in [1.165, 1.54) is 44.4 Å². The summed E-state index contributed by atoms with van der Waals surface area (Å²) in [5.41, 5.74) is -0.0127. The molecule has 1 aliphatic rings. The van der Waals surface area contributed by atoms with Crippen molar-refractivity contribution in [2.75, 3.05) is 6.54 Å². The van der Waals surface area contributed by atoms with Crippen LogP contribution in [0, 0.1) is 5.92 Å². The van der Waals surface area contributed by atoms with Crippen molar-refractivity contribution in [2.45, 2.75) is 45.1 Å². The lowest BCUT2D eigenvalue weighted by atomic mass is 9.89. The number of nitrogens with one attached hydrogen (secondary N) is 1. The molecule has 1 fully saturated rings. The van der Waals surface area contributed by atoms with E-state index in [9.17, 15) is 14.7 Å². The van der Waals surface area contributed by atoms with E-state index in [1.807, 2.05) is 0 Å². The molecule has 0 bridgehead atoms. The molecular formula is C17H22ClNO4. The molecule has 1 aliphatic carbocycles. The first-order valence-electron chi connectivity index (χ1n) is 7.94. The van der Waals surface area contributed by atoms with Gasteiger partial charge in [-0.3, -0.25) is 4.79 Å². The third-order valence-electron chi connectivity index (χ3n) is 4.12. The van der Waals surface area contributed by atoms with Gasteiger partial charge in [-0.15, -0.1) is 0 Å². The van der Waals surface area contributed by atoms with Crippen molar-refractivity contribution in [3.63, 3.8) is 0 Å². The highest BCUT2D eigenvalue weighted by molar-refractivity contribution is 6.30. The summed E-state index contributed by atoms with van der Waals surface area (Å²) in [5.74, 6) is -0.829. The molecular weight excluding hydrogens is 318 g/mol. The van der Waals surface area contributed by atoms with Crippen molar-refractivity contribution >= 4 is 23.5 Å². The zero-order valence-electron chi connectivity index (χ0n) is 13.2. The zero-order valence-corrected chi connectivity index (χ0v) is 13.9. The molecule has 1 aromatic carbocycles. The number of hydrogen-bond acceptors (Lipinski definition) is 4. The highest BCUT2D eigenvalue weighted by atomic mass is 35.5. The maximum Gasteiger partial charge on any atom is 0.342 e. The summed E-state index contributed by atoms with van der Waals surface area (Å²) < 4.78 is 5.10. The van der Waals surface area contributed by atoms with Gasteiger partial charge in [-0.2, -0.15) is 0 Å². The van der Waals surface area contributed by atoms with Crippen LogP contribution in [0.2, 0.25) is 5.02 Å². The normalized spacial score (nSPS) is 16.6. The molecule has 0 aromatic heterocycles. The second-order valence-electron chi connectivity index (χ2n) is 5.96. The minimum absolute atomic E-state index is 0.0127. The monoisotopic (exact) mass is 339 g/mol. The summed E-state index contributed by atoms with van der Waals surface area (Å²) in [6.07, 6.45) is 5.03. The molecule has 0 saturated heterocycles.